The predicted octanol–water partition coefficient (Wildman–Crippen LogP) is 2.00. The summed E-state index contributed by atoms with van der Waals surface area (Å²) in [6, 6.07) is 12.2. The predicted molar refractivity (Wildman–Crippen MR) is 69.6 cm³/mol. The molecule has 0 saturated carbocycles. The Labute approximate surface area is 105 Å². The van der Waals surface area contributed by atoms with Crippen LogP contribution in [0.15, 0.2) is 30.3 Å². The molecule has 88 valence electrons. The second kappa shape index (κ2) is 4.13. The molecule has 0 radical (unpaired) electrons. The van der Waals surface area contributed by atoms with Crippen LogP contribution in [0.25, 0.3) is 11.3 Å². The van der Waals surface area contributed by atoms with Crippen LogP contribution < -0.4 is 11.3 Å². The summed E-state index contributed by atoms with van der Waals surface area (Å²) >= 11 is 0. The molecular weight excluding hydrogens is 224 g/mol. The van der Waals surface area contributed by atoms with Crippen molar-refractivity contribution in [1.82, 2.24) is 4.98 Å². The maximum atomic E-state index is 9.06. The van der Waals surface area contributed by atoms with E-state index in [9.17, 15) is 0 Å². The minimum Gasteiger partial charge on any atom is -0.307 e. The number of rotatable bonds is 1. The topological polar surface area (TPSA) is 74.7 Å². The van der Waals surface area contributed by atoms with Crippen LogP contribution in [-0.2, 0) is 12.8 Å². The van der Waals surface area contributed by atoms with Crippen LogP contribution in [0.1, 0.15) is 16.7 Å². The van der Waals surface area contributed by atoms with Gasteiger partial charge in [-0.25, -0.2) is 10.8 Å². The Bertz CT molecular complexity index is 655. The lowest BCUT2D eigenvalue weighted by Crippen LogP contribution is -2.13. The summed E-state index contributed by atoms with van der Waals surface area (Å²) < 4.78 is 0. The van der Waals surface area contributed by atoms with Gasteiger partial charge in [-0.15, -0.1) is 0 Å². The van der Waals surface area contributed by atoms with Crippen molar-refractivity contribution in [1.29, 1.82) is 5.26 Å². The van der Waals surface area contributed by atoms with Crippen molar-refractivity contribution in [2.75, 3.05) is 5.43 Å². The van der Waals surface area contributed by atoms with Crippen molar-refractivity contribution in [3.63, 3.8) is 0 Å². The molecular formula is C14H12N4. The molecule has 0 spiro atoms. The summed E-state index contributed by atoms with van der Waals surface area (Å²) in [5.74, 6) is 5.85. The summed E-state index contributed by atoms with van der Waals surface area (Å²) in [6.45, 7) is 0. The smallest absolute Gasteiger partial charge is 0.158 e. The monoisotopic (exact) mass is 236 g/mol. The minimum atomic E-state index is 0.438. The van der Waals surface area contributed by atoms with E-state index in [4.69, 9.17) is 11.1 Å². The Hall–Kier alpha value is -2.38. The molecule has 1 aliphatic rings. The maximum absolute atomic E-state index is 9.06. The van der Waals surface area contributed by atoms with Crippen LogP contribution in [0.4, 0.5) is 5.82 Å². The molecule has 3 N–H and O–H groups in total. The number of nitrogen functional groups attached to an aromatic ring is 1. The van der Waals surface area contributed by atoms with Gasteiger partial charge in [-0.3, -0.25) is 0 Å². The highest BCUT2D eigenvalue weighted by Crippen LogP contribution is 2.33. The van der Waals surface area contributed by atoms with Gasteiger partial charge >= 0.3 is 0 Å². The second-order valence-electron chi connectivity index (χ2n) is 4.31. The van der Waals surface area contributed by atoms with Crippen LogP contribution in [0.3, 0.4) is 0 Å². The molecule has 0 unspecified atom stereocenters. The number of fused-ring (bicyclic) bond motifs is 3. The highest BCUT2D eigenvalue weighted by molar-refractivity contribution is 5.73. The Morgan fingerprint density at radius 1 is 1.22 bits per heavy atom. The van der Waals surface area contributed by atoms with E-state index in [1.165, 1.54) is 5.56 Å². The highest BCUT2D eigenvalue weighted by Gasteiger charge is 2.19. The summed E-state index contributed by atoms with van der Waals surface area (Å²) in [5.41, 5.74) is 7.47. The fourth-order valence-corrected chi connectivity index (χ4v) is 2.41. The van der Waals surface area contributed by atoms with Gasteiger partial charge < -0.3 is 5.43 Å². The molecule has 0 atom stereocenters. The van der Waals surface area contributed by atoms with Crippen LogP contribution >= 0.6 is 0 Å². The fraction of sp³-hybridized carbons (Fsp3) is 0.143. The molecule has 2 aromatic rings. The Balaban J connectivity index is 2.25. The number of benzene rings is 1. The van der Waals surface area contributed by atoms with E-state index < -0.39 is 0 Å². The summed E-state index contributed by atoms with van der Waals surface area (Å²) in [4.78, 5) is 4.49. The second-order valence-corrected chi connectivity index (χ2v) is 4.31. The standard InChI is InChI=1S/C14H12N4/c15-8-11-7-10-6-5-9-3-1-2-4-12(9)13(10)17-14(11)18-16/h1-4,7H,5-6,16H2,(H,17,18). The average molecular weight is 236 g/mol. The Morgan fingerprint density at radius 3 is 2.78 bits per heavy atom. The maximum Gasteiger partial charge on any atom is 0.158 e. The number of hydrazine groups is 1. The number of pyridine rings is 1. The highest BCUT2D eigenvalue weighted by atomic mass is 15.2. The van der Waals surface area contributed by atoms with Crippen molar-refractivity contribution in [3.05, 3.63) is 47.0 Å². The van der Waals surface area contributed by atoms with Crippen LogP contribution in [0.5, 0.6) is 0 Å². The third kappa shape index (κ3) is 1.53. The molecule has 0 amide bonds. The molecule has 0 aliphatic heterocycles. The van der Waals surface area contributed by atoms with Gasteiger partial charge in [0.05, 0.1) is 11.3 Å². The first-order valence-corrected chi connectivity index (χ1v) is 5.82. The van der Waals surface area contributed by atoms with Crippen molar-refractivity contribution in [2.45, 2.75) is 12.8 Å². The third-order valence-corrected chi connectivity index (χ3v) is 3.29. The normalized spacial score (nSPS) is 12.2. The number of aryl methyl sites for hydroxylation is 2. The van der Waals surface area contributed by atoms with E-state index in [-0.39, 0.29) is 0 Å². The van der Waals surface area contributed by atoms with Crippen molar-refractivity contribution in [3.8, 4) is 17.3 Å². The molecule has 4 nitrogen and oxygen atoms in total. The molecule has 3 rings (SSSR count). The number of aromatic nitrogens is 1. The number of nitrogens with one attached hydrogen (secondary N) is 1. The van der Waals surface area contributed by atoms with Crippen molar-refractivity contribution >= 4 is 5.82 Å². The summed E-state index contributed by atoms with van der Waals surface area (Å²) in [6.07, 6.45) is 1.91. The molecule has 4 heteroatoms. The zero-order valence-corrected chi connectivity index (χ0v) is 9.77. The van der Waals surface area contributed by atoms with E-state index in [1.54, 1.807) is 0 Å². The minimum absolute atomic E-state index is 0.438. The van der Waals surface area contributed by atoms with Gasteiger partial charge in [-0.2, -0.15) is 5.26 Å². The van der Waals surface area contributed by atoms with E-state index in [0.29, 0.717) is 11.4 Å². The van der Waals surface area contributed by atoms with Gasteiger partial charge in [0.1, 0.15) is 6.07 Å². The first kappa shape index (κ1) is 10.8. The summed E-state index contributed by atoms with van der Waals surface area (Å²) in [5, 5.41) is 9.06. The average Bonchev–Trinajstić information content (AvgIpc) is 2.45. The molecule has 1 heterocycles. The van der Waals surface area contributed by atoms with E-state index in [2.05, 4.69) is 28.6 Å². The van der Waals surface area contributed by atoms with Gasteiger partial charge in [0.2, 0.25) is 0 Å². The van der Waals surface area contributed by atoms with Crippen LogP contribution in [-0.4, -0.2) is 4.98 Å². The van der Waals surface area contributed by atoms with Crippen LogP contribution in [0, 0.1) is 11.3 Å². The van der Waals surface area contributed by atoms with Gasteiger partial charge in [0, 0.05) is 5.56 Å². The lowest BCUT2D eigenvalue weighted by atomic mass is 9.88. The van der Waals surface area contributed by atoms with Gasteiger partial charge in [0.15, 0.2) is 5.82 Å². The molecule has 1 aromatic carbocycles. The molecule has 1 aliphatic carbocycles. The van der Waals surface area contributed by atoms with E-state index in [1.807, 2.05) is 18.2 Å². The van der Waals surface area contributed by atoms with Gasteiger partial charge in [-0.1, -0.05) is 24.3 Å². The largest absolute Gasteiger partial charge is 0.307 e. The Kier molecular flexibility index (Phi) is 2.47. The van der Waals surface area contributed by atoms with Crippen molar-refractivity contribution < 1.29 is 0 Å². The van der Waals surface area contributed by atoms with Crippen LogP contribution in [0.2, 0.25) is 0 Å². The quantitative estimate of drug-likeness (QED) is 0.586. The molecule has 1 aromatic heterocycles. The molecule has 18 heavy (non-hydrogen) atoms. The first-order chi connectivity index (χ1) is 8.83. The number of hydrogen-bond acceptors (Lipinski definition) is 4. The molecule has 0 fully saturated rings. The lowest BCUT2D eigenvalue weighted by molar-refractivity contribution is 0.926. The molecule has 0 saturated heterocycles. The van der Waals surface area contributed by atoms with E-state index in [0.717, 1.165) is 29.7 Å². The summed E-state index contributed by atoms with van der Waals surface area (Å²) in [7, 11) is 0. The SMILES string of the molecule is N#Cc1cc2c(nc1NN)-c1ccccc1CC2. The number of anilines is 1. The third-order valence-electron chi connectivity index (χ3n) is 3.29. The zero-order valence-electron chi connectivity index (χ0n) is 9.77. The zero-order chi connectivity index (χ0) is 12.5. The number of nitrogens with zero attached hydrogens (tertiary/aromatic N) is 2. The van der Waals surface area contributed by atoms with Crippen molar-refractivity contribution in [2.24, 2.45) is 5.84 Å². The lowest BCUT2D eigenvalue weighted by Gasteiger charge is -2.19. The first-order valence-electron chi connectivity index (χ1n) is 5.82. The van der Waals surface area contributed by atoms with Gasteiger partial charge in [-0.05, 0) is 30.0 Å². The molecule has 0 bridgehead atoms. The van der Waals surface area contributed by atoms with E-state index >= 15 is 0 Å². The number of hydrogen-bond donors (Lipinski definition) is 2. The fourth-order valence-electron chi connectivity index (χ4n) is 2.41. The number of nitrogens with two attached hydrogens (primary N) is 1. The number of nitriles is 1. The Morgan fingerprint density at radius 2 is 2.00 bits per heavy atom. The van der Waals surface area contributed by atoms with Gasteiger partial charge in [0.25, 0.3) is 0 Å².